The molecule has 9 aromatic rings. The summed E-state index contributed by atoms with van der Waals surface area (Å²) >= 11 is 0. The third-order valence-corrected chi connectivity index (χ3v) is 10.2. The average Bonchev–Trinajstić information content (AvgIpc) is 3.14. The first-order chi connectivity index (χ1) is 23.8. The molecular weight excluding hydrogens is 585 g/mol. The number of ether oxygens (including phenoxy) is 2. The highest BCUT2D eigenvalue weighted by Crippen LogP contribution is 2.52. The molecule has 9 aromatic carbocycles. The van der Waals surface area contributed by atoms with Gasteiger partial charge in [0.05, 0.1) is 0 Å². The van der Waals surface area contributed by atoms with Gasteiger partial charge in [-0.3, -0.25) is 0 Å². The Bertz CT molecular complexity index is 2780. The maximum atomic E-state index is 6.63. The summed E-state index contributed by atoms with van der Waals surface area (Å²) in [6, 6.07) is 56.6. The van der Waals surface area contributed by atoms with E-state index in [9.17, 15) is 0 Å². The van der Waals surface area contributed by atoms with Crippen LogP contribution in [0.5, 0.6) is 23.0 Å². The van der Waals surface area contributed by atoms with Gasteiger partial charge in [0, 0.05) is 21.9 Å². The second-order valence-electron chi connectivity index (χ2n) is 12.8. The minimum Gasteiger partial charge on any atom is -0.456 e. The van der Waals surface area contributed by atoms with Crippen molar-refractivity contribution in [1.82, 2.24) is 0 Å². The van der Waals surface area contributed by atoms with Crippen LogP contribution in [0.3, 0.4) is 0 Å². The fraction of sp³-hybridized carbons (Fsp3) is 0. The van der Waals surface area contributed by atoms with E-state index in [1.165, 1.54) is 65.5 Å². The second kappa shape index (κ2) is 9.57. The van der Waals surface area contributed by atoms with Crippen LogP contribution in [-0.2, 0) is 0 Å². The van der Waals surface area contributed by atoms with E-state index < -0.39 is 0 Å². The van der Waals surface area contributed by atoms with Crippen LogP contribution in [0.1, 0.15) is 0 Å². The smallest absolute Gasteiger partial charge is 0.135 e. The fourth-order valence-electron chi connectivity index (χ4n) is 8.25. The molecular formula is C46H26O2. The normalized spacial score (nSPS) is 12.5. The third-order valence-electron chi connectivity index (χ3n) is 10.2. The first-order valence-electron chi connectivity index (χ1n) is 16.4. The van der Waals surface area contributed by atoms with E-state index in [2.05, 4.69) is 152 Å². The molecule has 2 nitrogen and oxygen atoms in total. The molecule has 0 fully saturated rings. The summed E-state index contributed by atoms with van der Waals surface area (Å²) in [5.74, 6) is 3.60. The summed E-state index contributed by atoms with van der Waals surface area (Å²) in [5.41, 5.74) is 9.48. The van der Waals surface area contributed by atoms with Gasteiger partial charge in [-0.2, -0.15) is 0 Å². The van der Waals surface area contributed by atoms with Crippen LogP contribution < -0.4 is 9.47 Å². The largest absolute Gasteiger partial charge is 0.456 e. The minimum atomic E-state index is 0.889. The molecule has 0 spiro atoms. The van der Waals surface area contributed by atoms with Gasteiger partial charge in [0.2, 0.25) is 0 Å². The molecule has 0 aromatic heterocycles. The summed E-state index contributed by atoms with van der Waals surface area (Å²) in [5, 5.41) is 9.59. The quantitative estimate of drug-likeness (QED) is 0.181. The molecule has 2 aliphatic rings. The topological polar surface area (TPSA) is 18.5 Å². The van der Waals surface area contributed by atoms with Gasteiger partial charge in [-0.1, -0.05) is 121 Å². The summed E-state index contributed by atoms with van der Waals surface area (Å²) in [4.78, 5) is 0. The number of rotatable bonds is 2. The van der Waals surface area contributed by atoms with Gasteiger partial charge in [0.1, 0.15) is 23.0 Å². The zero-order valence-electron chi connectivity index (χ0n) is 25.8. The fourth-order valence-corrected chi connectivity index (χ4v) is 8.25. The molecule has 2 aliphatic heterocycles. The average molecular weight is 611 g/mol. The first kappa shape index (κ1) is 25.8. The lowest BCUT2D eigenvalue weighted by Gasteiger charge is -2.24. The number of benzene rings is 9. The minimum absolute atomic E-state index is 0.889. The third kappa shape index (κ3) is 3.46. The predicted octanol–water partition coefficient (Wildman–Crippen LogP) is 13.2. The van der Waals surface area contributed by atoms with E-state index in [1.807, 2.05) is 6.07 Å². The molecule has 222 valence electrons. The lowest BCUT2D eigenvalue weighted by molar-refractivity contribution is 0.487. The predicted molar refractivity (Wildman–Crippen MR) is 198 cm³/mol. The van der Waals surface area contributed by atoms with Gasteiger partial charge in [-0.25, -0.2) is 0 Å². The number of hydrogen-bond donors (Lipinski definition) is 0. The Hall–Kier alpha value is -6.38. The Morgan fingerprint density at radius 1 is 0.292 bits per heavy atom. The van der Waals surface area contributed by atoms with Crippen LogP contribution in [0.25, 0.3) is 87.6 Å². The van der Waals surface area contributed by atoms with Crippen molar-refractivity contribution in [1.29, 1.82) is 0 Å². The van der Waals surface area contributed by atoms with E-state index in [4.69, 9.17) is 9.47 Å². The van der Waals surface area contributed by atoms with E-state index >= 15 is 0 Å². The summed E-state index contributed by atoms with van der Waals surface area (Å²) < 4.78 is 13.1. The Labute approximate surface area is 277 Å². The van der Waals surface area contributed by atoms with E-state index in [-0.39, 0.29) is 0 Å². The van der Waals surface area contributed by atoms with Crippen molar-refractivity contribution in [2.24, 2.45) is 0 Å². The van der Waals surface area contributed by atoms with E-state index in [0.717, 1.165) is 45.1 Å². The Morgan fingerprint density at radius 3 is 1.60 bits per heavy atom. The molecule has 11 rings (SSSR count). The molecule has 0 amide bonds. The number of fused-ring (bicyclic) bond motifs is 6. The molecule has 0 atom stereocenters. The monoisotopic (exact) mass is 610 g/mol. The van der Waals surface area contributed by atoms with Crippen molar-refractivity contribution >= 4 is 43.1 Å². The Morgan fingerprint density at radius 2 is 0.812 bits per heavy atom. The van der Waals surface area contributed by atoms with Crippen LogP contribution in [-0.4, -0.2) is 0 Å². The Balaban J connectivity index is 1.18. The summed E-state index contributed by atoms with van der Waals surface area (Å²) in [7, 11) is 0. The highest BCUT2D eigenvalue weighted by molar-refractivity contribution is 6.24. The zero-order chi connectivity index (χ0) is 31.3. The van der Waals surface area contributed by atoms with Crippen molar-refractivity contribution in [2.75, 3.05) is 0 Å². The highest BCUT2D eigenvalue weighted by atomic mass is 16.5. The summed E-state index contributed by atoms with van der Waals surface area (Å²) in [6.45, 7) is 0. The molecule has 0 aliphatic carbocycles. The standard InChI is InChI=1S/C46H26O2/c1-3-15-35-33(13-1)43(28-22-23-30-31-17-7-10-27-11-8-21-40(44(27)31)48-42(30)26-28)34-14-2-4-16-36(34)45(35)38-24-25-41-46-32(18-9-19-37(38)46)29-12-5-6-20-39(29)47-41/h1-26H. The molecule has 2 heterocycles. The Kier molecular flexibility index (Phi) is 5.14. The maximum absolute atomic E-state index is 6.63. The SMILES string of the molecule is c1ccc2c(c1)Oc1ccc(-c3c4ccccc4c(-c4ccc5c(c4)Oc4cccc6cccc-5c46)c4ccccc34)c3cccc-2c13. The molecule has 0 saturated carbocycles. The molecule has 0 bridgehead atoms. The molecule has 48 heavy (non-hydrogen) atoms. The van der Waals surface area contributed by atoms with Crippen molar-refractivity contribution < 1.29 is 9.47 Å². The van der Waals surface area contributed by atoms with Gasteiger partial charge < -0.3 is 9.47 Å². The number of para-hydroxylation sites is 1. The van der Waals surface area contributed by atoms with Crippen LogP contribution in [0, 0.1) is 0 Å². The lowest BCUT2D eigenvalue weighted by atomic mass is 9.83. The first-order valence-corrected chi connectivity index (χ1v) is 16.4. The van der Waals surface area contributed by atoms with Gasteiger partial charge in [0.15, 0.2) is 0 Å². The van der Waals surface area contributed by atoms with Crippen molar-refractivity contribution in [2.45, 2.75) is 0 Å². The van der Waals surface area contributed by atoms with Gasteiger partial charge in [-0.05, 0) is 102 Å². The van der Waals surface area contributed by atoms with E-state index in [0.29, 0.717) is 0 Å². The molecule has 0 unspecified atom stereocenters. The van der Waals surface area contributed by atoms with Crippen LogP contribution in [0.15, 0.2) is 158 Å². The highest BCUT2D eigenvalue weighted by Gasteiger charge is 2.25. The van der Waals surface area contributed by atoms with Gasteiger partial charge in [-0.15, -0.1) is 0 Å². The molecule has 0 radical (unpaired) electrons. The maximum Gasteiger partial charge on any atom is 0.135 e. The van der Waals surface area contributed by atoms with Crippen LogP contribution in [0.4, 0.5) is 0 Å². The van der Waals surface area contributed by atoms with Crippen molar-refractivity contribution in [3.63, 3.8) is 0 Å². The van der Waals surface area contributed by atoms with Crippen molar-refractivity contribution in [3.05, 3.63) is 158 Å². The van der Waals surface area contributed by atoms with Gasteiger partial charge in [0.25, 0.3) is 0 Å². The molecule has 0 saturated heterocycles. The zero-order valence-corrected chi connectivity index (χ0v) is 25.8. The number of hydrogen-bond acceptors (Lipinski definition) is 2. The molecule has 2 heteroatoms. The second-order valence-corrected chi connectivity index (χ2v) is 12.8. The van der Waals surface area contributed by atoms with Gasteiger partial charge >= 0.3 is 0 Å². The summed E-state index contributed by atoms with van der Waals surface area (Å²) in [6.07, 6.45) is 0. The lowest BCUT2D eigenvalue weighted by Crippen LogP contribution is -1.99. The van der Waals surface area contributed by atoms with Crippen molar-refractivity contribution in [3.8, 4) is 67.5 Å². The van der Waals surface area contributed by atoms with Crippen LogP contribution >= 0.6 is 0 Å². The molecule has 0 N–H and O–H groups in total. The van der Waals surface area contributed by atoms with Crippen LogP contribution in [0.2, 0.25) is 0 Å². The van der Waals surface area contributed by atoms with E-state index in [1.54, 1.807) is 0 Å².